The van der Waals surface area contributed by atoms with Gasteiger partial charge in [0.25, 0.3) is 5.91 Å². The number of hydrogen-bond acceptors (Lipinski definition) is 5. The van der Waals surface area contributed by atoms with Gasteiger partial charge in [-0.2, -0.15) is 0 Å². The van der Waals surface area contributed by atoms with E-state index in [1.807, 2.05) is 11.0 Å². The van der Waals surface area contributed by atoms with Crippen molar-refractivity contribution in [3.8, 4) is 0 Å². The Bertz CT molecular complexity index is 549. The molecule has 0 spiro atoms. The highest BCUT2D eigenvalue weighted by molar-refractivity contribution is 5.92. The van der Waals surface area contributed by atoms with E-state index in [9.17, 15) is 4.79 Å². The first kappa shape index (κ1) is 14.2. The Hall–Kier alpha value is -1.40. The molecule has 4 rings (SSSR count). The molecule has 0 bridgehead atoms. The van der Waals surface area contributed by atoms with E-state index in [2.05, 4.69) is 17.0 Å². The number of hydrogen-bond donors (Lipinski definition) is 0. The number of amides is 1. The van der Waals surface area contributed by atoms with Gasteiger partial charge in [0, 0.05) is 43.8 Å². The van der Waals surface area contributed by atoms with E-state index in [1.54, 1.807) is 0 Å². The largest absolute Gasteiger partial charge is 0.381 e. The molecule has 1 saturated carbocycles. The summed E-state index contributed by atoms with van der Waals surface area (Å²) in [7, 11) is 0. The topological polar surface area (TPSA) is 58.8 Å². The summed E-state index contributed by atoms with van der Waals surface area (Å²) in [6, 6.07) is 2.59. The molecule has 1 unspecified atom stereocenters. The molecule has 3 fully saturated rings. The van der Waals surface area contributed by atoms with Crippen molar-refractivity contribution in [3.63, 3.8) is 0 Å². The summed E-state index contributed by atoms with van der Waals surface area (Å²) in [6.45, 7) is 5.40. The number of aromatic nitrogens is 1. The van der Waals surface area contributed by atoms with Crippen molar-refractivity contribution < 1.29 is 14.1 Å². The molecule has 0 radical (unpaired) electrons. The molecule has 1 atom stereocenters. The molecule has 1 aromatic rings. The van der Waals surface area contributed by atoms with Crippen LogP contribution in [0.2, 0.25) is 0 Å². The maximum atomic E-state index is 12.7. The highest BCUT2D eigenvalue weighted by Gasteiger charge is 2.37. The van der Waals surface area contributed by atoms with E-state index >= 15 is 0 Å². The molecule has 6 nitrogen and oxygen atoms in total. The normalized spacial score (nSPS) is 27.5. The van der Waals surface area contributed by atoms with Gasteiger partial charge in [0.1, 0.15) is 5.76 Å². The second-order valence-corrected chi connectivity index (χ2v) is 6.77. The van der Waals surface area contributed by atoms with Crippen LogP contribution in [0.4, 0.5) is 0 Å². The van der Waals surface area contributed by atoms with E-state index in [0.717, 1.165) is 51.2 Å². The van der Waals surface area contributed by atoms with Gasteiger partial charge < -0.3 is 14.2 Å². The van der Waals surface area contributed by atoms with Gasteiger partial charge in [0.15, 0.2) is 5.69 Å². The van der Waals surface area contributed by atoms with Crippen molar-refractivity contribution in [3.05, 3.63) is 17.5 Å². The standard InChI is InChI=1S/C16H23N3O3/c1-11-9-18(13-4-6-21-7-5-13)10-19(11)16(20)14-8-15(22-17-14)12-2-3-12/h8,11-13H,2-7,9-10H2,1H3. The van der Waals surface area contributed by atoms with Gasteiger partial charge in [-0.3, -0.25) is 9.69 Å². The van der Waals surface area contributed by atoms with Gasteiger partial charge in [0.05, 0.1) is 6.67 Å². The number of ether oxygens (including phenoxy) is 1. The quantitative estimate of drug-likeness (QED) is 0.853. The minimum absolute atomic E-state index is 0.00212. The van der Waals surface area contributed by atoms with E-state index < -0.39 is 0 Å². The van der Waals surface area contributed by atoms with Gasteiger partial charge in [-0.05, 0) is 32.6 Å². The fraction of sp³-hybridized carbons (Fsp3) is 0.750. The number of carbonyl (C=O) groups excluding carboxylic acids is 1. The highest BCUT2D eigenvalue weighted by Crippen LogP contribution is 2.40. The molecule has 120 valence electrons. The van der Waals surface area contributed by atoms with Crippen LogP contribution in [0.15, 0.2) is 10.6 Å². The molecule has 6 heteroatoms. The fourth-order valence-electron chi connectivity index (χ4n) is 3.51. The smallest absolute Gasteiger partial charge is 0.277 e. The second-order valence-electron chi connectivity index (χ2n) is 6.77. The van der Waals surface area contributed by atoms with Crippen LogP contribution in [0.3, 0.4) is 0 Å². The van der Waals surface area contributed by atoms with Crippen LogP contribution in [0, 0.1) is 0 Å². The van der Waals surface area contributed by atoms with E-state index in [4.69, 9.17) is 9.26 Å². The predicted molar refractivity (Wildman–Crippen MR) is 79.5 cm³/mol. The van der Waals surface area contributed by atoms with Crippen LogP contribution in [0.5, 0.6) is 0 Å². The van der Waals surface area contributed by atoms with E-state index in [-0.39, 0.29) is 11.9 Å². The maximum absolute atomic E-state index is 12.7. The number of carbonyl (C=O) groups is 1. The minimum Gasteiger partial charge on any atom is -0.381 e. The van der Waals surface area contributed by atoms with Gasteiger partial charge in [-0.1, -0.05) is 5.16 Å². The molecule has 22 heavy (non-hydrogen) atoms. The minimum atomic E-state index is -0.00212. The summed E-state index contributed by atoms with van der Waals surface area (Å²) in [6.07, 6.45) is 4.43. The van der Waals surface area contributed by atoms with Crippen molar-refractivity contribution in [1.82, 2.24) is 15.0 Å². The fourth-order valence-corrected chi connectivity index (χ4v) is 3.51. The summed E-state index contributed by atoms with van der Waals surface area (Å²) in [4.78, 5) is 17.0. The van der Waals surface area contributed by atoms with Gasteiger partial charge >= 0.3 is 0 Å². The van der Waals surface area contributed by atoms with Gasteiger partial charge in [-0.25, -0.2) is 0 Å². The first-order chi connectivity index (χ1) is 10.7. The third-order valence-electron chi connectivity index (χ3n) is 5.06. The molecule has 1 amide bonds. The molecule has 0 N–H and O–H groups in total. The molecular formula is C16H23N3O3. The third-order valence-corrected chi connectivity index (χ3v) is 5.06. The summed E-state index contributed by atoms with van der Waals surface area (Å²) in [5.41, 5.74) is 0.461. The molecule has 1 aromatic heterocycles. The molecular weight excluding hydrogens is 282 g/mol. The van der Waals surface area contributed by atoms with E-state index in [1.165, 1.54) is 0 Å². The lowest BCUT2D eigenvalue weighted by Gasteiger charge is -2.30. The third kappa shape index (κ3) is 2.65. The lowest BCUT2D eigenvalue weighted by Crippen LogP contribution is -2.40. The lowest BCUT2D eigenvalue weighted by atomic mass is 10.1. The van der Waals surface area contributed by atoms with Crippen molar-refractivity contribution >= 4 is 5.91 Å². The Morgan fingerprint density at radius 2 is 2.05 bits per heavy atom. The Morgan fingerprint density at radius 1 is 1.27 bits per heavy atom. The summed E-state index contributed by atoms with van der Waals surface area (Å²) in [5.74, 6) is 1.36. The molecule has 2 saturated heterocycles. The van der Waals surface area contributed by atoms with E-state index in [0.29, 0.717) is 24.3 Å². The van der Waals surface area contributed by atoms with Crippen LogP contribution >= 0.6 is 0 Å². The zero-order valence-electron chi connectivity index (χ0n) is 13.0. The Morgan fingerprint density at radius 3 is 2.77 bits per heavy atom. The van der Waals surface area contributed by atoms with Crippen LogP contribution in [0.1, 0.15) is 54.8 Å². The number of rotatable bonds is 3. The summed E-state index contributed by atoms with van der Waals surface area (Å²) in [5, 5.41) is 3.99. The van der Waals surface area contributed by atoms with Gasteiger partial charge in [-0.15, -0.1) is 0 Å². The van der Waals surface area contributed by atoms with Gasteiger partial charge in [0.2, 0.25) is 0 Å². The SMILES string of the molecule is CC1CN(C2CCOCC2)CN1C(=O)c1cc(C2CC2)on1. The predicted octanol–water partition coefficient (Wildman–Crippen LogP) is 1.83. The monoisotopic (exact) mass is 305 g/mol. The Kier molecular flexibility index (Phi) is 3.66. The first-order valence-electron chi connectivity index (χ1n) is 8.32. The summed E-state index contributed by atoms with van der Waals surface area (Å²) >= 11 is 0. The second kappa shape index (κ2) is 5.66. The van der Waals surface area contributed by atoms with Crippen LogP contribution in [-0.2, 0) is 4.74 Å². The Balaban J connectivity index is 1.43. The molecule has 0 aromatic carbocycles. The highest BCUT2D eigenvalue weighted by atomic mass is 16.5. The Labute approximate surface area is 130 Å². The average molecular weight is 305 g/mol. The zero-order valence-corrected chi connectivity index (χ0v) is 13.0. The molecule has 3 heterocycles. The summed E-state index contributed by atoms with van der Waals surface area (Å²) < 4.78 is 10.8. The van der Waals surface area contributed by atoms with Crippen LogP contribution < -0.4 is 0 Å². The van der Waals surface area contributed by atoms with Crippen LogP contribution in [-0.4, -0.2) is 59.4 Å². The lowest BCUT2D eigenvalue weighted by molar-refractivity contribution is 0.0356. The zero-order chi connectivity index (χ0) is 15.1. The molecule has 3 aliphatic rings. The molecule has 2 aliphatic heterocycles. The average Bonchev–Trinajstić information content (AvgIpc) is 3.15. The van der Waals surface area contributed by atoms with Crippen molar-refractivity contribution in [2.75, 3.05) is 26.4 Å². The maximum Gasteiger partial charge on any atom is 0.277 e. The number of nitrogens with zero attached hydrogens (tertiary/aromatic N) is 3. The van der Waals surface area contributed by atoms with Crippen molar-refractivity contribution in [2.24, 2.45) is 0 Å². The van der Waals surface area contributed by atoms with Crippen LogP contribution in [0.25, 0.3) is 0 Å². The first-order valence-corrected chi connectivity index (χ1v) is 8.32. The molecule has 1 aliphatic carbocycles. The van der Waals surface area contributed by atoms with Crippen molar-refractivity contribution in [1.29, 1.82) is 0 Å². The van der Waals surface area contributed by atoms with Crippen molar-refractivity contribution in [2.45, 2.75) is 50.6 Å².